The van der Waals surface area contributed by atoms with Gasteiger partial charge in [-0.3, -0.25) is 9.78 Å². The first-order valence-corrected chi connectivity index (χ1v) is 7.57. The average Bonchev–Trinajstić information content (AvgIpc) is 2.53. The lowest BCUT2D eigenvalue weighted by molar-refractivity contribution is 0.0695. The largest absolute Gasteiger partial charge is 0.478 e. The zero-order chi connectivity index (χ0) is 15.2. The van der Waals surface area contributed by atoms with Crippen molar-refractivity contribution in [2.75, 3.05) is 6.54 Å². The number of rotatable bonds is 5. The van der Waals surface area contributed by atoms with Gasteiger partial charge in [0.15, 0.2) is 0 Å². The van der Waals surface area contributed by atoms with E-state index < -0.39 is 5.97 Å². The number of carboxylic acids is 1. The van der Waals surface area contributed by atoms with Crippen molar-refractivity contribution in [1.29, 1.82) is 0 Å². The van der Waals surface area contributed by atoms with Crippen LogP contribution in [0.3, 0.4) is 0 Å². The zero-order valence-electron chi connectivity index (χ0n) is 12.3. The van der Waals surface area contributed by atoms with E-state index in [4.69, 9.17) is 5.11 Å². The number of carbonyl (C=O) groups excluding carboxylic acids is 1. The maximum Gasteiger partial charge on any atom is 0.337 e. The Kier molecular flexibility index (Phi) is 5.31. The predicted octanol–water partition coefficient (Wildman–Crippen LogP) is 2.73. The molecule has 2 N–H and O–H groups in total. The van der Waals surface area contributed by atoms with Gasteiger partial charge < -0.3 is 10.4 Å². The standard InChI is InChI=1S/C16H22N2O3/c1-2-11-3-5-12(6-4-11)9-18-15(19)14-8-7-13(10-17-14)16(20)21/h7-8,10-12H,2-6,9H2,1H3,(H,18,19)(H,20,21). The van der Waals surface area contributed by atoms with Crippen LogP contribution in [0.1, 0.15) is 59.9 Å². The van der Waals surface area contributed by atoms with E-state index in [1.165, 1.54) is 50.4 Å². The van der Waals surface area contributed by atoms with Crippen molar-refractivity contribution in [2.24, 2.45) is 11.8 Å². The van der Waals surface area contributed by atoms with E-state index in [9.17, 15) is 9.59 Å². The number of carbonyl (C=O) groups is 2. The fraction of sp³-hybridized carbons (Fsp3) is 0.562. The van der Waals surface area contributed by atoms with Gasteiger partial charge in [-0.25, -0.2) is 4.79 Å². The van der Waals surface area contributed by atoms with Crippen molar-refractivity contribution < 1.29 is 14.7 Å². The van der Waals surface area contributed by atoms with Gasteiger partial charge in [0.1, 0.15) is 5.69 Å². The van der Waals surface area contributed by atoms with Crippen LogP contribution < -0.4 is 5.32 Å². The molecule has 0 spiro atoms. The van der Waals surface area contributed by atoms with Crippen LogP contribution in [0, 0.1) is 11.8 Å². The Balaban J connectivity index is 1.80. The first-order chi connectivity index (χ1) is 10.1. The number of pyridine rings is 1. The van der Waals surface area contributed by atoms with Crippen LogP contribution in [0.25, 0.3) is 0 Å². The van der Waals surface area contributed by atoms with Crippen LogP contribution >= 0.6 is 0 Å². The SMILES string of the molecule is CCC1CCC(CNC(=O)c2ccc(C(=O)O)cn2)CC1. The van der Waals surface area contributed by atoms with Gasteiger partial charge in [-0.05, 0) is 36.8 Å². The van der Waals surface area contributed by atoms with Crippen LogP contribution in [-0.2, 0) is 0 Å². The predicted molar refractivity (Wildman–Crippen MR) is 79.3 cm³/mol. The summed E-state index contributed by atoms with van der Waals surface area (Å²) in [6, 6.07) is 2.85. The lowest BCUT2D eigenvalue weighted by Crippen LogP contribution is -2.31. The quantitative estimate of drug-likeness (QED) is 0.874. The third-order valence-corrected chi connectivity index (χ3v) is 4.34. The van der Waals surface area contributed by atoms with Gasteiger partial charge in [0.25, 0.3) is 5.91 Å². The van der Waals surface area contributed by atoms with E-state index in [1.54, 1.807) is 0 Å². The van der Waals surface area contributed by atoms with Gasteiger partial charge in [0, 0.05) is 12.7 Å². The minimum atomic E-state index is -1.04. The first kappa shape index (κ1) is 15.5. The lowest BCUT2D eigenvalue weighted by Gasteiger charge is -2.27. The first-order valence-electron chi connectivity index (χ1n) is 7.57. The molecule has 1 aliphatic rings. The number of nitrogens with zero attached hydrogens (tertiary/aromatic N) is 1. The third kappa shape index (κ3) is 4.28. The normalized spacial score (nSPS) is 21.8. The molecule has 0 radical (unpaired) electrons. The summed E-state index contributed by atoms with van der Waals surface area (Å²) < 4.78 is 0. The van der Waals surface area contributed by atoms with Gasteiger partial charge in [0.05, 0.1) is 5.56 Å². The van der Waals surface area contributed by atoms with Crippen molar-refractivity contribution in [3.05, 3.63) is 29.6 Å². The van der Waals surface area contributed by atoms with E-state index >= 15 is 0 Å². The van der Waals surface area contributed by atoms with Crippen LogP contribution in [0.2, 0.25) is 0 Å². The van der Waals surface area contributed by atoms with E-state index in [-0.39, 0.29) is 17.2 Å². The smallest absolute Gasteiger partial charge is 0.337 e. The number of carboxylic acid groups (broad SMARTS) is 1. The maximum absolute atomic E-state index is 12.0. The molecule has 1 heterocycles. The van der Waals surface area contributed by atoms with Crippen LogP contribution in [0.4, 0.5) is 0 Å². The highest BCUT2D eigenvalue weighted by atomic mass is 16.4. The molecule has 0 aromatic carbocycles. The number of aromatic nitrogens is 1. The number of hydrogen-bond acceptors (Lipinski definition) is 3. The second-order valence-corrected chi connectivity index (χ2v) is 5.74. The molecule has 1 aromatic heterocycles. The highest BCUT2D eigenvalue weighted by Crippen LogP contribution is 2.30. The third-order valence-electron chi connectivity index (χ3n) is 4.34. The summed E-state index contributed by atoms with van der Waals surface area (Å²) in [6.45, 7) is 2.91. The second kappa shape index (κ2) is 7.20. The van der Waals surface area contributed by atoms with Crippen molar-refractivity contribution in [3.8, 4) is 0 Å². The van der Waals surface area contributed by atoms with E-state index in [0.717, 1.165) is 5.92 Å². The Morgan fingerprint density at radius 2 is 1.90 bits per heavy atom. The topological polar surface area (TPSA) is 79.3 Å². The minimum Gasteiger partial charge on any atom is -0.478 e. The van der Waals surface area contributed by atoms with Crippen LogP contribution in [-0.4, -0.2) is 28.5 Å². The Bertz CT molecular complexity index is 491. The highest BCUT2D eigenvalue weighted by Gasteiger charge is 2.20. The molecule has 5 nitrogen and oxygen atoms in total. The Labute approximate surface area is 124 Å². The number of amides is 1. The number of aromatic carboxylic acids is 1. The lowest BCUT2D eigenvalue weighted by atomic mass is 9.81. The van der Waals surface area contributed by atoms with Crippen molar-refractivity contribution >= 4 is 11.9 Å². The molecular weight excluding hydrogens is 268 g/mol. The molecule has 5 heteroatoms. The van der Waals surface area contributed by atoms with Crippen LogP contribution in [0.15, 0.2) is 18.3 Å². The molecule has 1 fully saturated rings. The highest BCUT2D eigenvalue weighted by molar-refractivity contribution is 5.93. The Morgan fingerprint density at radius 3 is 2.43 bits per heavy atom. The van der Waals surface area contributed by atoms with Crippen molar-refractivity contribution in [1.82, 2.24) is 10.3 Å². The second-order valence-electron chi connectivity index (χ2n) is 5.74. The van der Waals surface area contributed by atoms with Gasteiger partial charge in [0.2, 0.25) is 0 Å². The molecule has 114 valence electrons. The van der Waals surface area contributed by atoms with Crippen LogP contribution in [0.5, 0.6) is 0 Å². The van der Waals surface area contributed by atoms with E-state index in [0.29, 0.717) is 12.5 Å². The molecular formula is C16H22N2O3. The molecule has 1 aromatic rings. The summed E-state index contributed by atoms with van der Waals surface area (Å²) in [7, 11) is 0. The fourth-order valence-electron chi connectivity index (χ4n) is 2.83. The van der Waals surface area contributed by atoms with Gasteiger partial charge in [-0.2, -0.15) is 0 Å². The summed E-state index contributed by atoms with van der Waals surface area (Å²) in [5, 5.41) is 11.7. The Hall–Kier alpha value is -1.91. The Morgan fingerprint density at radius 1 is 1.24 bits per heavy atom. The summed E-state index contributed by atoms with van der Waals surface area (Å²) in [6.07, 6.45) is 7.31. The summed E-state index contributed by atoms with van der Waals surface area (Å²) in [4.78, 5) is 26.6. The van der Waals surface area contributed by atoms with E-state index in [1.807, 2.05) is 0 Å². The molecule has 21 heavy (non-hydrogen) atoms. The molecule has 0 aliphatic heterocycles. The molecule has 1 aliphatic carbocycles. The summed E-state index contributed by atoms with van der Waals surface area (Å²) >= 11 is 0. The average molecular weight is 290 g/mol. The van der Waals surface area contributed by atoms with Gasteiger partial charge in [-0.1, -0.05) is 26.2 Å². The fourth-order valence-corrected chi connectivity index (χ4v) is 2.83. The molecule has 0 atom stereocenters. The van der Waals surface area contributed by atoms with E-state index in [2.05, 4.69) is 17.2 Å². The van der Waals surface area contributed by atoms with Gasteiger partial charge in [-0.15, -0.1) is 0 Å². The van der Waals surface area contributed by atoms with Gasteiger partial charge >= 0.3 is 5.97 Å². The molecule has 1 amide bonds. The molecule has 0 saturated heterocycles. The maximum atomic E-state index is 12.0. The number of hydrogen-bond donors (Lipinski definition) is 2. The molecule has 1 saturated carbocycles. The monoisotopic (exact) mass is 290 g/mol. The van der Waals surface area contributed by atoms with Crippen molar-refractivity contribution in [2.45, 2.75) is 39.0 Å². The molecule has 0 unspecified atom stereocenters. The van der Waals surface area contributed by atoms with Crippen molar-refractivity contribution in [3.63, 3.8) is 0 Å². The summed E-state index contributed by atoms with van der Waals surface area (Å²) in [5.74, 6) is 0.129. The minimum absolute atomic E-state index is 0.0874. The number of nitrogens with one attached hydrogen (secondary N) is 1. The molecule has 2 rings (SSSR count). The zero-order valence-corrected chi connectivity index (χ0v) is 12.3. The summed E-state index contributed by atoms with van der Waals surface area (Å²) in [5.41, 5.74) is 0.353. The molecule has 0 bridgehead atoms.